The molecule has 0 aliphatic carbocycles. The second-order valence-corrected chi connectivity index (χ2v) is 7.12. The smallest absolute Gasteiger partial charge is 0.251 e. The molecule has 1 unspecified atom stereocenters. The van der Waals surface area contributed by atoms with Crippen molar-refractivity contribution in [2.24, 2.45) is 0 Å². The minimum Gasteiger partial charge on any atom is -0.344 e. The topological polar surface area (TPSA) is 46.2 Å². The van der Waals surface area contributed by atoms with Crippen molar-refractivity contribution in [3.8, 4) is 0 Å². The van der Waals surface area contributed by atoms with Crippen molar-refractivity contribution in [3.05, 3.63) is 102 Å². The van der Waals surface area contributed by atoms with E-state index in [1.165, 1.54) is 0 Å². The number of hydrogen-bond donors (Lipinski definition) is 1. The van der Waals surface area contributed by atoms with E-state index in [0.29, 0.717) is 11.3 Å². The monoisotopic (exact) mass is 349 g/mol. The molecule has 0 bridgehead atoms. The SMILES string of the molecule is O=C(N[C@@H](CS(=O)c1ccccc1)c1ccccc1)c1ccccc1. The van der Waals surface area contributed by atoms with E-state index in [-0.39, 0.29) is 11.9 Å². The average Bonchev–Trinajstić information content (AvgIpc) is 2.69. The van der Waals surface area contributed by atoms with E-state index >= 15 is 0 Å². The molecule has 0 fully saturated rings. The lowest BCUT2D eigenvalue weighted by Gasteiger charge is -2.19. The van der Waals surface area contributed by atoms with Gasteiger partial charge < -0.3 is 5.32 Å². The molecule has 0 spiro atoms. The van der Waals surface area contributed by atoms with Crippen molar-refractivity contribution in [1.29, 1.82) is 0 Å². The van der Waals surface area contributed by atoms with Gasteiger partial charge in [0.05, 0.1) is 22.6 Å². The van der Waals surface area contributed by atoms with E-state index in [9.17, 15) is 9.00 Å². The quantitative estimate of drug-likeness (QED) is 0.732. The average molecular weight is 349 g/mol. The third-order valence-corrected chi connectivity index (χ3v) is 5.30. The van der Waals surface area contributed by atoms with E-state index < -0.39 is 10.8 Å². The van der Waals surface area contributed by atoms with E-state index in [0.717, 1.165) is 10.5 Å². The third-order valence-electron chi connectivity index (χ3n) is 3.87. The Balaban J connectivity index is 1.81. The zero-order chi connectivity index (χ0) is 17.5. The number of carbonyl (C=O) groups is 1. The number of nitrogens with one attached hydrogen (secondary N) is 1. The van der Waals surface area contributed by atoms with Gasteiger partial charge in [0.2, 0.25) is 0 Å². The second-order valence-electron chi connectivity index (χ2n) is 5.63. The third kappa shape index (κ3) is 4.64. The minimum atomic E-state index is -1.20. The summed E-state index contributed by atoms with van der Waals surface area (Å²) in [7, 11) is -1.20. The summed E-state index contributed by atoms with van der Waals surface area (Å²) in [5, 5.41) is 3.02. The standard InChI is InChI=1S/C21H19NO2S/c23-21(18-12-6-2-7-13-18)22-20(17-10-4-1-5-11-17)16-25(24)19-14-8-3-9-15-19/h1-15,20H,16H2,(H,22,23)/t20-,25?/m0/s1. The molecule has 3 nitrogen and oxygen atoms in total. The molecule has 1 amide bonds. The van der Waals surface area contributed by atoms with Crippen molar-refractivity contribution in [2.75, 3.05) is 5.75 Å². The van der Waals surface area contributed by atoms with Crippen LogP contribution in [0.5, 0.6) is 0 Å². The zero-order valence-corrected chi connectivity index (χ0v) is 14.5. The Labute approximate surface area is 150 Å². The number of amides is 1. The summed E-state index contributed by atoms with van der Waals surface area (Å²) >= 11 is 0. The Kier molecular flexibility index (Phi) is 5.75. The molecule has 25 heavy (non-hydrogen) atoms. The molecule has 0 heterocycles. The van der Waals surface area contributed by atoms with Crippen LogP contribution in [0.2, 0.25) is 0 Å². The van der Waals surface area contributed by atoms with E-state index in [4.69, 9.17) is 0 Å². The number of hydrogen-bond acceptors (Lipinski definition) is 2. The van der Waals surface area contributed by atoms with Gasteiger partial charge in [-0.1, -0.05) is 66.7 Å². The molecule has 126 valence electrons. The second kappa shape index (κ2) is 8.40. The normalized spacial score (nSPS) is 13.0. The molecule has 3 aromatic rings. The van der Waals surface area contributed by atoms with Crippen LogP contribution < -0.4 is 5.32 Å². The van der Waals surface area contributed by atoms with Crippen molar-refractivity contribution in [1.82, 2.24) is 5.32 Å². The van der Waals surface area contributed by atoms with Crippen LogP contribution in [0.4, 0.5) is 0 Å². The lowest BCUT2D eigenvalue weighted by atomic mass is 10.1. The Morgan fingerprint density at radius 2 is 1.32 bits per heavy atom. The van der Waals surface area contributed by atoms with Gasteiger partial charge in [-0.3, -0.25) is 9.00 Å². The fourth-order valence-electron chi connectivity index (χ4n) is 2.56. The summed E-state index contributed by atoms with van der Waals surface area (Å²) < 4.78 is 12.7. The molecular formula is C21H19NO2S. The van der Waals surface area contributed by atoms with Crippen LogP contribution in [-0.2, 0) is 10.8 Å². The summed E-state index contributed by atoms with van der Waals surface area (Å²) in [6.07, 6.45) is 0. The number of benzene rings is 3. The minimum absolute atomic E-state index is 0.167. The van der Waals surface area contributed by atoms with Gasteiger partial charge >= 0.3 is 0 Å². The molecule has 0 aliphatic heterocycles. The summed E-state index contributed by atoms with van der Waals surface area (Å²) in [6, 6.07) is 27.7. The molecule has 0 saturated carbocycles. The van der Waals surface area contributed by atoms with Crippen molar-refractivity contribution in [2.45, 2.75) is 10.9 Å². The van der Waals surface area contributed by atoms with Crippen LogP contribution in [0.15, 0.2) is 95.9 Å². The summed E-state index contributed by atoms with van der Waals surface area (Å²) in [5.74, 6) is 0.159. The molecule has 0 saturated heterocycles. The van der Waals surface area contributed by atoms with Gasteiger partial charge in [-0.05, 0) is 29.8 Å². The van der Waals surface area contributed by atoms with Crippen LogP contribution in [0.25, 0.3) is 0 Å². The maximum absolute atomic E-state index is 12.7. The van der Waals surface area contributed by atoms with E-state index in [1.807, 2.05) is 78.9 Å². The molecule has 2 atom stereocenters. The van der Waals surface area contributed by atoms with Gasteiger partial charge in [0.1, 0.15) is 0 Å². The predicted octanol–water partition coefficient (Wildman–Crippen LogP) is 3.97. The molecule has 3 rings (SSSR count). The molecule has 0 aromatic heterocycles. The maximum atomic E-state index is 12.7. The highest BCUT2D eigenvalue weighted by Gasteiger charge is 2.19. The number of carbonyl (C=O) groups excluding carboxylic acids is 1. The summed E-state index contributed by atoms with van der Waals surface area (Å²) in [4.78, 5) is 13.3. The van der Waals surface area contributed by atoms with Crippen LogP contribution in [0, 0.1) is 0 Å². The van der Waals surface area contributed by atoms with Crippen LogP contribution in [0.3, 0.4) is 0 Å². The Bertz CT molecular complexity index is 782. The largest absolute Gasteiger partial charge is 0.344 e. The molecule has 4 heteroatoms. The Morgan fingerprint density at radius 1 is 0.800 bits per heavy atom. The molecule has 0 radical (unpaired) electrons. The fourth-order valence-corrected chi connectivity index (χ4v) is 3.79. The molecule has 0 aliphatic rings. The Hall–Kier alpha value is -2.72. The zero-order valence-electron chi connectivity index (χ0n) is 13.7. The first-order valence-electron chi connectivity index (χ1n) is 8.08. The van der Waals surface area contributed by atoms with Crippen LogP contribution in [-0.4, -0.2) is 15.9 Å². The van der Waals surface area contributed by atoms with Crippen molar-refractivity contribution in [3.63, 3.8) is 0 Å². The first-order chi connectivity index (χ1) is 12.2. The highest BCUT2D eigenvalue weighted by molar-refractivity contribution is 7.85. The maximum Gasteiger partial charge on any atom is 0.251 e. The van der Waals surface area contributed by atoms with Gasteiger partial charge in [-0.25, -0.2) is 0 Å². The highest BCUT2D eigenvalue weighted by atomic mass is 32.2. The molecule has 1 N–H and O–H groups in total. The van der Waals surface area contributed by atoms with Crippen molar-refractivity contribution < 1.29 is 9.00 Å². The van der Waals surface area contributed by atoms with Gasteiger partial charge in [-0.2, -0.15) is 0 Å². The highest BCUT2D eigenvalue weighted by Crippen LogP contribution is 2.18. The summed E-state index contributed by atoms with van der Waals surface area (Å²) in [5.41, 5.74) is 1.53. The van der Waals surface area contributed by atoms with E-state index in [2.05, 4.69) is 5.32 Å². The Morgan fingerprint density at radius 3 is 1.92 bits per heavy atom. The van der Waals surface area contributed by atoms with Crippen LogP contribution in [0.1, 0.15) is 22.0 Å². The van der Waals surface area contributed by atoms with Gasteiger partial charge in [0.25, 0.3) is 5.91 Å². The van der Waals surface area contributed by atoms with E-state index in [1.54, 1.807) is 12.1 Å². The molecule has 3 aromatic carbocycles. The van der Waals surface area contributed by atoms with Crippen molar-refractivity contribution >= 4 is 16.7 Å². The first-order valence-corrected chi connectivity index (χ1v) is 9.40. The predicted molar refractivity (Wildman–Crippen MR) is 101 cm³/mol. The van der Waals surface area contributed by atoms with Crippen LogP contribution >= 0.6 is 0 Å². The molecular weight excluding hydrogens is 330 g/mol. The lowest BCUT2D eigenvalue weighted by molar-refractivity contribution is 0.0940. The number of rotatable bonds is 6. The lowest BCUT2D eigenvalue weighted by Crippen LogP contribution is -2.32. The van der Waals surface area contributed by atoms with Gasteiger partial charge in [-0.15, -0.1) is 0 Å². The van der Waals surface area contributed by atoms with Gasteiger partial charge in [0.15, 0.2) is 0 Å². The van der Waals surface area contributed by atoms with Gasteiger partial charge in [0, 0.05) is 10.5 Å². The summed E-state index contributed by atoms with van der Waals surface area (Å²) in [6.45, 7) is 0. The first kappa shape index (κ1) is 17.1. The fraction of sp³-hybridized carbons (Fsp3) is 0.0952.